The standard InChI is InChI=1S/C12H13NO2.K/c1-13-7-6-10-8-9(2-4-11(10)13)3-5-12(14)15;/h2-5,8H,6-7H2,1H3,(H,14,15);/q;+1/p-1/b5-3-;. The molecule has 16 heavy (non-hydrogen) atoms. The second-order valence-electron chi connectivity index (χ2n) is 3.71. The second kappa shape index (κ2) is 5.98. The number of likely N-dealkylation sites (N-methyl/N-ethyl adjacent to an activating group) is 1. The molecule has 4 heteroatoms. The van der Waals surface area contributed by atoms with Crippen LogP contribution in [0.4, 0.5) is 5.69 Å². The first-order valence-electron chi connectivity index (χ1n) is 4.90. The minimum atomic E-state index is -1.16. The zero-order valence-electron chi connectivity index (χ0n) is 9.56. The molecule has 78 valence electrons. The van der Waals surface area contributed by atoms with Gasteiger partial charge in [0.1, 0.15) is 0 Å². The molecule has 0 fully saturated rings. The SMILES string of the molecule is CN1CCc2cc(/C=C\C(=O)[O-])ccc21.[K+]. The van der Waals surface area contributed by atoms with Crippen LogP contribution in [-0.2, 0) is 11.2 Å². The van der Waals surface area contributed by atoms with E-state index in [-0.39, 0.29) is 51.4 Å². The van der Waals surface area contributed by atoms with Crippen molar-refractivity contribution in [2.75, 3.05) is 18.5 Å². The smallest absolute Gasteiger partial charge is 0.545 e. The van der Waals surface area contributed by atoms with E-state index in [0.717, 1.165) is 24.6 Å². The molecule has 3 nitrogen and oxygen atoms in total. The maximum absolute atomic E-state index is 10.3. The molecule has 0 radical (unpaired) electrons. The molecule has 0 amide bonds. The van der Waals surface area contributed by atoms with Crippen molar-refractivity contribution in [3.8, 4) is 0 Å². The number of carboxylic acid groups (broad SMARTS) is 1. The van der Waals surface area contributed by atoms with Crippen molar-refractivity contribution in [1.29, 1.82) is 0 Å². The van der Waals surface area contributed by atoms with Crippen LogP contribution in [0, 0.1) is 0 Å². The largest absolute Gasteiger partial charge is 1.00 e. The van der Waals surface area contributed by atoms with Crippen LogP contribution in [0.5, 0.6) is 0 Å². The van der Waals surface area contributed by atoms with Crippen molar-refractivity contribution in [2.45, 2.75) is 6.42 Å². The summed E-state index contributed by atoms with van der Waals surface area (Å²) >= 11 is 0. The van der Waals surface area contributed by atoms with Gasteiger partial charge in [0.15, 0.2) is 0 Å². The van der Waals surface area contributed by atoms with Crippen LogP contribution in [0.25, 0.3) is 6.08 Å². The molecule has 1 aromatic rings. The topological polar surface area (TPSA) is 43.4 Å². The van der Waals surface area contributed by atoms with Crippen LogP contribution in [0.15, 0.2) is 24.3 Å². The predicted octanol–water partition coefficient (Wildman–Crippen LogP) is -2.55. The Morgan fingerprint density at radius 2 is 2.25 bits per heavy atom. The molecule has 0 saturated heterocycles. The molecule has 0 aliphatic carbocycles. The minimum Gasteiger partial charge on any atom is -0.545 e. The quantitative estimate of drug-likeness (QED) is 0.423. The third-order valence-electron chi connectivity index (χ3n) is 2.64. The summed E-state index contributed by atoms with van der Waals surface area (Å²) in [6.07, 6.45) is 3.65. The molecule has 1 heterocycles. The number of nitrogens with zero attached hydrogens (tertiary/aromatic N) is 1. The molecule has 1 aromatic carbocycles. The molecule has 0 saturated carbocycles. The summed E-state index contributed by atoms with van der Waals surface area (Å²) in [6, 6.07) is 5.97. The fourth-order valence-electron chi connectivity index (χ4n) is 1.85. The summed E-state index contributed by atoms with van der Waals surface area (Å²) in [7, 11) is 2.06. The van der Waals surface area contributed by atoms with Crippen LogP contribution in [0.2, 0.25) is 0 Å². The summed E-state index contributed by atoms with van der Waals surface area (Å²) in [5.74, 6) is -1.16. The van der Waals surface area contributed by atoms with Crippen LogP contribution < -0.4 is 61.4 Å². The van der Waals surface area contributed by atoms with Gasteiger partial charge in [0, 0.05) is 19.3 Å². The van der Waals surface area contributed by atoms with Crippen molar-refractivity contribution in [2.24, 2.45) is 0 Å². The predicted molar refractivity (Wildman–Crippen MR) is 57.5 cm³/mol. The van der Waals surface area contributed by atoms with Gasteiger partial charge in [-0.1, -0.05) is 12.1 Å². The zero-order valence-corrected chi connectivity index (χ0v) is 12.7. The molecule has 1 aliphatic rings. The Hall–Kier alpha value is -0.134. The van der Waals surface area contributed by atoms with Gasteiger partial charge in [-0.2, -0.15) is 0 Å². The molecular formula is C12H12KNO2. The Kier molecular flexibility index (Phi) is 5.20. The van der Waals surface area contributed by atoms with E-state index in [4.69, 9.17) is 0 Å². The first-order chi connectivity index (χ1) is 7.16. The van der Waals surface area contributed by atoms with E-state index in [9.17, 15) is 9.90 Å². The third-order valence-corrected chi connectivity index (χ3v) is 2.64. The number of carboxylic acids is 1. The minimum absolute atomic E-state index is 0. The average Bonchev–Trinajstić information content (AvgIpc) is 2.57. The molecule has 0 bridgehead atoms. The molecule has 0 spiro atoms. The van der Waals surface area contributed by atoms with Gasteiger partial charge in [-0.25, -0.2) is 0 Å². The summed E-state index contributed by atoms with van der Waals surface area (Å²) in [5, 5.41) is 10.3. The van der Waals surface area contributed by atoms with E-state index >= 15 is 0 Å². The number of anilines is 1. The molecule has 2 rings (SSSR count). The van der Waals surface area contributed by atoms with Crippen LogP contribution in [0.3, 0.4) is 0 Å². The van der Waals surface area contributed by atoms with Gasteiger partial charge in [-0.05, 0) is 35.8 Å². The van der Waals surface area contributed by atoms with E-state index in [1.165, 1.54) is 11.3 Å². The van der Waals surface area contributed by atoms with Crippen LogP contribution in [0.1, 0.15) is 11.1 Å². The summed E-state index contributed by atoms with van der Waals surface area (Å²) in [6.45, 7) is 1.03. The maximum Gasteiger partial charge on any atom is 1.00 e. The second-order valence-corrected chi connectivity index (χ2v) is 3.71. The Bertz CT molecular complexity index is 429. The number of fused-ring (bicyclic) bond motifs is 1. The number of benzene rings is 1. The zero-order chi connectivity index (χ0) is 10.8. The van der Waals surface area contributed by atoms with Gasteiger partial charge in [-0.3, -0.25) is 0 Å². The molecular weight excluding hydrogens is 229 g/mol. The molecule has 0 aromatic heterocycles. The Balaban J connectivity index is 0.00000128. The fraction of sp³-hybridized carbons (Fsp3) is 0.250. The van der Waals surface area contributed by atoms with Crippen molar-refractivity contribution >= 4 is 17.7 Å². The van der Waals surface area contributed by atoms with Crippen LogP contribution >= 0.6 is 0 Å². The fourth-order valence-corrected chi connectivity index (χ4v) is 1.85. The van der Waals surface area contributed by atoms with Gasteiger partial charge in [0.25, 0.3) is 0 Å². The Morgan fingerprint density at radius 3 is 2.94 bits per heavy atom. The Morgan fingerprint density at radius 1 is 1.50 bits per heavy atom. The average molecular weight is 241 g/mol. The number of aliphatic carboxylic acids is 1. The van der Waals surface area contributed by atoms with Crippen molar-refractivity contribution in [3.05, 3.63) is 35.4 Å². The monoisotopic (exact) mass is 241 g/mol. The molecule has 0 atom stereocenters. The van der Waals surface area contributed by atoms with Gasteiger partial charge < -0.3 is 14.8 Å². The number of carbonyl (C=O) groups is 1. The third kappa shape index (κ3) is 3.18. The first-order valence-corrected chi connectivity index (χ1v) is 4.90. The molecule has 0 N–H and O–H groups in total. The normalized spacial score (nSPS) is 13.7. The van der Waals surface area contributed by atoms with E-state index < -0.39 is 5.97 Å². The summed E-state index contributed by atoms with van der Waals surface area (Å²) < 4.78 is 0. The van der Waals surface area contributed by atoms with Gasteiger partial charge in [0.2, 0.25) is 0 Å². The van der Waals surface area contributed by atoms with Gasteiger partial charge >= 0.3 is 51.4 Å². The molecule has 0 unspecified atom stereocenters. The number of carbonyl (C=O) groups excluding carboxylic acids is 1. The first kappa shape index (κ1) is 13.9. The number of rotatable bonds is 2. The summed E-state index contributed by atoms with van der Waals surface area (Å²) in [4.78, 5) is 12.4. The number of hydrogen-bond donors (Lipinski definition) is 0. The van der Waals surface area contributed by atoms with Crippen molar-refractivity contribution < 1.29 is 61.3 Å². The maximum atomic E-state index is 10.3. The van der Waals surface area contributed by atoms with E-state index in [1.54, 1.807) is 6.08 Å². The van der Waals surface area contributed by atoms with Gasteiger partial charge in [0.05, 0.1) is 5.97 Å². The van der Waals surface area contributed by atoms with E-state index in [2.05, 4.69) is 11.9 Å². The van der Waals surface area contributed by atoms with Crippen molar-refractivity contribution in [1.82, 2.24) is 0 Å². The van der Waals surface area contributed by atoms with Gasteiger partial charge in [-0.15, -0.1) is 0 Å². The van der Waals surface area contributed by atoms with E-state index in [1.807, 2.05) is 18.2 Å². The number of hydrogen-bond acceptors (Lipinski definition) is 3. The molecule has 1 aliphatic heterocycles. The van der Waals surface area contributed by atoms with E-state index in [0.29, 0.717) is 0 Å². The van der Waals surface area contributed by atoms with Crippen LogP contribution in [-0.4, -0.2) is 19.6 Å². The van der Waals surface area contributed by atoms with Crippen molar-refractivity contribution in [3.63, 3.8) is 0 Å². The Labute approximate surface area is 138 Å². The summed E-state index contributed by atoms with van der Waals surface area (Å²) in [5.41, 5.74) is 3.42.